The van der Waals surface area contributed by atoms with Crippen LogP contribution in [0.2, 0.25) is 0 Å². The van der Waals surface area contributed by atoms with E-state index in [2.05, 4.69) is 26.5 Å². The number of aromatic nitrogens is 3. The van der Waals surface area contributed by atoms with E-state index in [0.717, 1.165) is 38.2 Å². The van der Waals surface area contributed by atoms with Gasteiger partial charge in [-0.15, -0.1) is 0 Å². The lowest BCUT2D eigenvalue weighted by Gasteiger charge is -2.17. The van der Waals surface area contributed by atoms with Crippen molar-refractivity contribution in [2.24, 2.45) is 13.0 Å². The van der Waals surface area contributed by atoms with Crippen molar-refractivity contribution in [3.63, 3.8) is 0 Å². The number of anilines is 1. The van der Waals surface area contributed by atoms with E-state index in [1.54, 1.807) is 6.20 Å². The Balaban J connectivity index is 1.56. The summed E-state index contributed by atoms with van der Waals surface area (Å²) in [6, 6.07) is 3.81. The molecular formula is C18H25N5O. The quantitative estimate of drug-likeness (QED) is 0.882. The Morgan fingerprint density at radius 3 is 2.92 bits per heavy atom. The molecule has 1 aliphatic heterocycles. The first-order valence-corrected chi connectivity index (χ1v) is 8.62. The van der Waals surface area contributed by atoms with E-state index in [4.69, 9.17) is 0 Å². The van der Waals surface area contributed by atoms with Crippen LogP contribution < -0.4 is 10.2 Å². The number of pyridine rings is 1. The van der Waals surface area contributed by atoms with Crippen molar-refractivity contribution in [2.45, 2.75) is 26.2 Å². The number of rotatable bonds is 6. The number of hydrogen-bond acceptors (Lipinski definition) is 4. The largest absolute Gasteiger partial charge is 0.356 e. The van der Waals surface area contributed by atoms with Crippen LogP contribution >= 0.6 is 0 Å². The van der Waals surface area contributed by atoms with Gasteiger partial charge < -0.3 is 10.2 Å². The Morgan fingerprint density at radius 2 is 2.25 bits per heavy atom. The van der Waals surface area contributed by atoms with Crippen LogP contribution in [0.15, 0.2) is 30.7 Å². The van der Waals surface area contributed by atoms with Gasteiger partial charge in [0.25, 0.3) is 5.91 Å². The molecule has 0 aliphatic carbocycles. The molecule has 1 aliphatic rings. The lowest BCUT2D eigenvalue weighted by atomic mass is 10.0. The highest BCUT2D eigenvalue weighted by molar-refractivity contribution is 5.94. The fraction of sp³-hybridized carbons (Fsp3) is 0.500. The van der Waals surface area contributed by atoms with Gasteiger partial charge in [0.05, 0.1) is 11.8 Å². The third kappa shape index (κ3) is 3.93. The first-order chi connectivity index (χ1) is 11.7. The zero-order valence-electron chi connectivity index (χ0n) is 14.4. The minimum absolute atomic E-state index is 0.0493. The van der Waals surface area contributed by atoms with E-state index in [1.807, 2.05) is 37.0 Å². The molecule has 3 heterocycles. The number of nitrogens with zero attached hydrogens (tertiary/aromatic N) is 4. The van der Waals surface area contributed by atoms with Crippen LogP contribution in [0.25, 0.3) is 0 Å². The number of carbonyl (C=O) groups excluding carboxylic acids is 1. The van der Waals surface area contributed by atoms with Crippen LogP contribution in [0.4, 0.5) is 5.82 Å². The molecule has 3 rings (SSSR count). The van der Waals surface area contributed by atoms with Crippen LogP contribution in [0.3, 0.4) is 0 Å². The van der Waals surface area contributed by atoms with Crippen LogP contribution in [0, 0.1) is 5.92 Å². The Kier molecular flexibility index (Phi) is 5.13. The molecule has 1 saturated heterocycles. The van der Waals surface area contributed by atoms with Crippen molar-refractivity contribution >= 4 is 11.7 Å². The van der Waals surface area contributed by atoms with Gasteiger partial charge >= 0.3 is 0 Å². The number of amides is 1. The SMILES string of the molecule is CCCNC(=O)c1ccc(N2CCC(Cc3cnn(C)c3)C2)nc1. The van der Waals surface area contributed by atoms with Gasteiger partial charge in [-0.1, -0.05) is 6.92 Å². The zero-order valence-corrected chi connectivity index (χ0v) is 14.4. The van der Waals surface area contributed by atoms with Crippen molar-refractivity contribution in [2.75, 3.05) is 24.5 Å². The second-order valence-corrected chi connectivity index (χ2v) is 6.49. The summed E-state index contributed by atoms with van der Waals surface area (Å²) in [5, 5.41) is 7.11. The van der Waals surface area contributed by atoms with Gasteiger partial charge in [-0.3, -0.25) is 9.48 Å². The van der Waals surface area contributed by atoms with E-state index < -0.39 is 0 Å². The topological polar surface area (TPSA) is 63.1 Å². The summed E-state index contributed by atoms with van der Waals surface area (Å²) >= 11 is 0. The van der Waals surface area contributed by atoms with Gasteiger partial charge in [-0.05, 0) is 42.9 Å². The van der Waals surface area contributed by atoms with Crippen molar-refractivity contribution in [1.82, 2.24) is 20.1 Å². The zero-order chi connectivity index (χ0) is 16.9. The minimum Gasteiger partial charge on any atom is -0.356 e. The van der Waals surface area contributed by atoms with Crippen molar-refractivity contribution < 1.29 is 4.79 Å². The highest BCUT2D eigenvalue weighted by Gasteiger charge is 2.24. The summed E-state index contributed by atoms with van der Waals surface area (Å²) in [4.78, 5) is 18.7. The molecule has 1 N–H and O–H groups in total. The van der Waals surface area contributed by atoms with Gasteiger partial charge in [0.2, 0.25) is 0 Å². The third-order valence-electron chi connectivity index (χ3n) is 4.44. The molecule has 1 unspecified atom stereocenters. The standard InChI is InChI=1S/C18H25N5O/c1-3-7-19-18(24)16-4-5-17(20-11-16)23-8-6-14(13-23)9-15-10-21-22(2)12-15/h4-5,10-12,14H,3,6-9,13H2,1-2H3,(H,19,24). The van der Waals surface area contributed by atoms with E-state index in [1.165, 1.54) is 5.56 Å². The second kappa shape index (κ2) is 7.47. The summed E-state index contributed by atoms with van der Waals surface area (Å²) < 4.78 is 1.85. The van der Waals surface area contributed by atoms with Crippen molar-refractivity contribution in [1.29, 1.82) is 0 Å². The maximum Gasteiger partial charge on any atom is 0.252 e. The first-order valence-electron chi connectivity index (χ1n) is 8.62. The third-order valence-corrected chi connectivity index (χ3v) is 4.44. The number of carbonyl (C=O) groups is 1. The minimum atomic E-state index is -0.0493. The van der Waals surface area contributed by atoms with Crippen LogP contribution in [0.1, 0.15) is 35.7 Å². The molecule has 1 atom stereocenters. The Hall–Kier alpha value is -2.37. The van der Waals surface area contributed by atoms with Crippen molar-refractivity contribution in [3.8, 4) is 0 Å². The van der Waals surface area contributed by atoms with Crippen molar-refractivity contribution in [3.05, 3.63) is 41.9 Å². The lowest BCUT2D eigenvalue weighted by molar-refractivity contribution is 0.0953. The molecule has 0 saturated carbocycles. The van der Waals surface area contributed by atoms with Gasteiger partial charge in [-0.25, -0.2) is 4.98 Å². The monoisotopic (exact) mass is 327 g/mol. The highest BCUT2D eigenvalue weighted by Crippen LogP contribution is 2.24. The number of nitrogens with one attached hydrogen (secondary N) is 1. The van der Waals surface area contributed by atoms with Gasteiger partial charge in [0, 0.05) is 39.1 Å². The predicted octanol–water partition coefficient (Wildman–Crippen LogP) is 2.02. The molecule has 1 amide bonds. The number of aryl methyl sites for hydroxylation is 1. The summed E-state index contributed by atoms with van der Waals surface area (Å²) in [7, 11) is 1.95. The summed E-state index contributed by atoms with van der Waals surface area (Å²) in [6.45, 7) is 4.75. The molecule has 6 nitrogen and oxygen atoms in total. The van der Waals surface area contributed by atoms with Gasteiger partial charge in [0.15, 0.2) is 0 Å². The molecule has 1 fully saturated rings. The van der Waals surface area contributed by atoms with Gasteiger partial charge in [0.1, 0.15) is 5.82 Å². The maximum absolute atomic E-state index is 11.9. The van der Waals surface area contributed by atoms with Crippen LogP contribution in [-0.4, -0.2) is 40.3 Å². The fourth-order valence-electron chi connectivity index (χ4n) is 3.17. The normalized spacial score (nSPS) is 17.2. The molecule has 2 aromatic heterocycles. The molecule has 6 heteroatoms. The average molecular weight is 327 g/mol. The van der Waals surface area contributed by atoms with E-state index in [-0.39, 0.29) is 5.91 Å². The average Bonchev–Trinajstić information content (AvgIpc) is 3.22. The molecule has 24 heavy (non-hydrogen) atoms. The summed E-state index contributed by atoms with van der Waals surface area (Å²) in [5.74, 6) is 1.53. The highest BCUT2D eigenvalue weighted by atomic mass is 16.1. The molecule has 0 aromatic carbocycles. The molecule has 0 bridgehead atoms. The lowest BCUT2D eigenvalue weighted by Crippen LogP contribution is -2.25. The van der Waals surface area contributed by atoms with E-state index in [0.29, 0.717) is 18.0 Å². The Morgan fingerprint density at radius 1 is 1.38 bits per heavy atom. The van der Waals surface area contributed by atoms with Crippen LogP contribution in [0.5, 0.6) is 0 Å². The summed E-state index contributed by atoms with van der Waals surface area (Å²) in [5.41, 5.74) is 1.92. The Bertz CT molecular complexity index is 679. The molecule has 0 radical (unpaired) electrons. The predicted molar refractivity (Wildman–Crippen MR) is 94.1 cm³/mol. The smallest absolute Gasteiger partial charge is 0.252 e. The fourth-order valence-corrected chi connectivity index (χ4v) is 3.17. The Labute approximate surface area is 142 Å². The van der Waals surface area contributed by atoms with Crippen LogP contribution in [-0.2, 0) is 13.5 Å². The van der Waals surface area contributed by atoms with E-state index in [9.17, 15) is 4.79 Å². The van der Waals surface area contributed by atoms with Gasteiger partial charge in [-0.2, -0.15) is 5.10 Å². The molecule has 128 valence electrons. The maximum atomic E-state index is 11.9. The molecule has 2 aromatic rings. The molecule has 0 spiro atoms. The number of hydrogen-bond donors (Lipinski definition) is 1. The molecular weight excluding hydrogens is 302 g/mol. The second-order valence-electron chi connectivity index (χ2n) is 6.49. The summed E-state index contributed by atoms with van der Waals surface area (Å²) in [6.07, 6.45) is 8.87. The van der Waals surface area contributed by atoms with E-state index >= 15 is 0 Å². The first kappa shape index (κ1) is 16.5.